The normalized spacial score (nSPS) is 18.7. The molecule has 1 aliphatic carbocycles. The average molecular weight is 234 g/mol. The Balaban J connectivity index is 1.95. The van der Waals surface area contributed by atoms with Crippen molar-refractivity contribution in [2.24, 2.45) is 5.92 Å². The van der Waals surface area contributed by atoms with Gasteiger partial charge in [-0.15, -0.1) is 0 Å². The third-order valence-corrected chi connectivity index (χ3v) is 3.94. The maximum Gasteiger partial charge on any atom is 0.0446 e. The van der Waals surface area contributed by atoms with Crippen molar-refractivity contribution < 1.29 is 0 Å². The minimum absolute atomic E-state index is 0.478. The molecular weight excluding hydrogens is 208 g/mol. The van der Waals surface area contributed by atoms with Gasteiger partial charge in [-0.05, 0) is 50.8 Å². The lowest BCUT2D eigenvalue weighted by Gasteiger charge is -2.19. The van der Waals surface area contributed by atoms with Crippen LogP contribution in [0.4, 0.5) is 0 Å². The van der Waals surface area contributed by atoms with E-state index >= 15 is 0 Å². The molecule has 1 atom stereocenters. The fraction of sp³-hybridized carbons (Fsp3) is 0.733. The third-order valence-electron chi connectivity index (χ3n) is 3.94. The van der Waals surface area contributed by atoms with Gasteiger partial charge in [0.05, 0.1) is 0 Å². The lowest BCUT2D eigenvalue weighted by Crippen LogP contribution is -2.22. The Morgan fingerprint density at radius 2 is 2.18 bits per heavy atom. The summed E-state index contributed by atoms with van der Waals surface area (Å²) in [5, 5.41) is 3.58. The predicted molar refractivity (Wildman–Crippen MR) is 73.1 cm³/mol. The van der Waals surface area contributed by atoms with E-state index in [4.69, 9.17) is 0 Å². The molecule has 0 aliphatic heterocycles. The maximum atomic E-state index is 3.58. The molecule has 0 radical (unpaired) electrons. The highest BCUT2D eigenvalue weighted by molar-refractivity contribution is 5.11. The zero-order chi connectivity index (χ0) is 12.1. The van der Waals surface area contributed by atoms with E-state index in [2.05, 4.69) is 42.1 Å². The molecule has 1 heterocycles. The Hall–Kier alpha value is -0.760. The highest BCUT2D eigenvalue weighted by Gasteiger charge is 2.17. The van der Waals surface area contributed by atoms with E-state index in [9.17, 15) is 0 Å². The first-order valence-electron chi connectivity index (χ1n) is 7.19. The lowest BCUT2D eigenvalue weighted by molar-refractivity contribution is 0.432. The Kier molecular flexibility index (Phi) is 4.66. The highest BCUT2D eigenvalue weighted by Crippen LogP contribution is 2.27. The molecule has 0 saturated heterocycles. The standard InChI is InChI=1S/C15H26N2/c1-3-10-16-13(2)15-9-6-11-17(15)12-14-7-4-5-8-14/h6,9,11,13-14,16H,3-5,7-8,10,12H2,1-2H3. The summed E-state index contributed by atoms with van der Waals surface area (Å²) in [4.78, 5) is 0. The summed E-state index contributed by atoms with van der Waals surface area (Å²) in [6, 6.07) is 4.93. The summed E-state index contributed by atoms with van der Waals surface area (Å²) < 4.78 is 2.46. The van der Waals surface area contributed by atoms with Gasteiger partial charge in [-0.1, -0.05) is 19.8 Å². The number of aromatic nitrogens is 1. The first-order chi connectivity index (χ1) is 8.31. The zero-order valence-electron chi connectivity index (χ0n) is 11.3. The van der Waals surface area contributed by atoms with Crippen molar-refractivity contribution >= 4 is 0 Å². The maximum absolute atomic E-state index is 3.58. The Labute approximate surface area is 105 Å². The van der Waals surface area contributed by atoms with Crippen molar-refractivity contribution in [1.82, 2.24) is 9.88 Å². The predicted octanol–water partition coefficient (Wildman–Crippen LogP) is 3.74. The Bertz CT molecular complexity index is 323. The first kappa shape index (κ1) is 12.7. The van der Waals surface area contributed by atoms with Crippen LogP contribution in [0.3, 0.4) is 0 Å². The smallest absolute Gasteiger partial charge is 0.0446 e. The van der Waals surface area contributed by atoms with E-state index in [1.54, 1.807) is 0 Å². The Morgan fingerprint density at radius 1 is 1.41 bits per heavy atom. The van der Waals surface area contributed by atoms with Crippen molar-refractivity contribution in [2.45, 2.75) is 58.5 Å². The minimum Gasteiger partial charge on any atom is -0.350 e. The van der Waals surface area contributed by atoms with E-state index < -0.39 is 0 Å². The quantitative estimate of drug-likeness (QED) is 0.793. The fourth-order valence-corrected chi connectivity index (χ4v) is 2.92. The van der Waals surface area contributed by atoms with Crippen LogP contribution in [-0.4, -0.2) is 11.1 Å². The van der Waals surface area contributed by atoms with Crippen LogP contribution < -0.4 is 5.32 Å². The lowest BCUT2D eigenvalue weighted by atomic mass is 10.1. The molecule has 0 bridgehead atoms. The van der Waals surface area contributed by atoms with Crippen LogP contribution in [0.2, 0.25) is 0 Å². The molecule has 1 saturated carbocycles. The number of nitrogens with one attached hydrogen (secondary N) is 1. The van der Waals surface area contributed by atoms with Gasteiger partial charge < -0.3 is 9.88 Å². The van der Waals surface area contributed by atoms with Crippen LogP contribution in [0.1, 0.15) is 57.7 Å². The summed E-state index contributed by atoms with van der Waals surface area (Å²) in [7, 11) is 0. The van der Waals surface area contributed by atoms with Gasteiger partial charge in [-0.3, -0.25) is 0 Å². The molecule has 0 amide bonds. The van der Waals surface area contributed by atoms with E-state index in [1.807, 2.05) is 0 Å². The topological polar surface area (TPSA) is 17.0 Å². The molecule has 2 heteroatoms. The summed E-state index contributed by atoms with van der Waals surface area (Å²) in [6.07, 6.45) is 9.17. The molecule has 0 aromatic carbocycles. The minimum atomic E-state index is 0.478. The monoisotopic (exact) mass is 234 g/mol. The average Bonchev–Trinajstić information content (AvgIpc) is 2.97. The molecular formula is C15H26N2. The summed E-state index contributed by atoms with van der Waals surface area (Å²) in [5.74, 6) is 0.916. The van der Waals surface area contributed by atoms with Crippen molar-refractivity contribution in [3.05, 3.63) is 24.0 Å². The van der Waals surface area contributed by atoms with Gasteiger partial charge in [0.25, 0.3) is 0 Å². The van der Waals surface area contributed by atoms with Crippen LogP contribution in [0.15, 0.2) is 18.3 Å². The van der Waals surface area contributed by atoms with E-state index in [0.717, 1.165) is 12.5 Å². The largest absolute Gasteiger partial charge is 0.350 e. The molecule has 1 unspecified atom stereocenters. The number of hydrogen-bond donors (Lipinski definition) is 1. The molecule has 17 heavy (non-hydrogen) atoms. The van der Waals surface area contributed by atoms with Crippen molar-refractivity contribution in [1.29, 1.82) is 0 Å². The van der Waals surface area contributed by atoms with Crippen LogP contribution in [0.5, 0.6) is 0 Å². The van der Waals surface area contributed by atoms with E-state index in [0.29, 0.717) is 6.04 Å². The highest BCUT2D eigenvalue weighted by atomic mass is 15.0. The number of hydrogen-bond acceptors (Lipinski definition) is 1. The first-order valence-corrected chi connectivity index (χ1v) is 7.19. The molecule has 0 spiro atoms. The second-order valence-corrected chi connectivity index (χ2v) is 5.41. The summed E-state index contributed by atoms with van der Waals surface area (Å²) >= 11 is 0. The van der Waals surface area contributed by atoms with Crippen LogP contribution in [0.25, 0.3) is 0 Å². The molecule has 2 nitrogen and oxygen atoms in total. The Morgan fingerprint density at radius 3 is 2.88 bits per heavy atom. The molecule has 1 fully saturated rings. The number of rotatable bonds is 6. The molecule has 1 N–H and O–H groups in total. The van der Waals surface area contributed by atoms with Crippen molar-refractivity contribution in [3.63, 3.8) is 0 Å². The fourth-order valence-electron chi connectivity index (χ4n) is 2.92. The third kappa shape index (κ3) is 3.35. The van der Waals surface area contributed by atoms with Gasteiger partial charge in [-0.2, -0.15) is 0 Å². The summed E-state index contributed by atoms with van der Waals surface area (Å²) in [6.45, 7) is 6.82. The molecule has 2 rings (SSSR count). The van der Waals surface area contributed by atoms with Gasteiger partial charge >= 0.3 is 0 Å². The summed E-state index contributed by atoms with van der Waals surface area (Å²) in [5.41, 5.74) is 1.45. The molecule has 1 aliphatic rings. The van der Waals surface area contributed by atoms with Gasteiger partial charge in [-0.25, -0.2) is 0 Å². The second-order valence-electron chi connectivity index (χ2n) is 5.41. The second kappa shape index (κ2) is 6.25. The van der Waals surface area contributed by atoms with Gasteiger partial charge in [0.2, 0.25) is 0 Å². The van der Waals surface area contributed by atoms with Crippen molar-refractivity contribution in [3.8, 4) is 0 Å². The van der Waals surface area contributed by atoms with Gasteiger partial charge in [0.1, 0.15) is 0 Å². The van der Waals surface area contributed by atoms with E-state index in [-0.39, 0.29) is 0 Å². The molecule has 96 valence electrons. The van der Waals surface area contributed by atoms with E-state index in [1.165, 1.54) is 44.3 Å². The van der Waals surface area contributed by atoms with Crippen LogP contribution in [-0.2, 0) is 6.54 Å². The van der Waals surface area contributed by atoms with Crippen molar-refractivity contribution in [2.75, 3.05) is 6.54 Å². The number of nitrogens with zero attached hydrogens (tertiary/aromatic N) is 1. The molecule has 1 aromatic rings. The van der Waals surface area contributed by atoms with Crippen LogP contribution in [0, 0.1) is 5.92 Å². The SMILES string of the molecule is CCCNC(C)c1cccn1CC1CCCC1. The van der Waals surface area contributed by atoms with Crippen LogP contribution >= 0.6 is 0 Å². The van der Waals surface area contributed by atoms with Gasteiger partial charge in [0.15, 0.2) is 0 Å². The molecule has 1 aromatic heterocycles. The zero-order valence-corrected chi connectivity index (χ0v) is 11.3. The van der Waals surface area contributed by atoms with Gasteiger partial charge in [0, 0.05) is 24.5 Å².